The monoisotopic (exact) mass is 385 g/mol. The van der Waals surface area contributed by atoms with Crippen LogP contribution in [0.4, 0.5) is 13.2 Å². The van der Waals surface area contributed by atoms with Crippen LogP contribution in [0.5, 0.6) is 0 Å². The molecule has 0 aliphatic heterocycles. The molecule has 0 fully saturated rings. The van der Waals surface area contributed by atoms with Crippen molar-refractivity contribution in [3.8, 4) is 0 Å². The van der Waals surface area contributed by atoms with Gasteiger partial charge in [-0.15, -0.1) is 0 Å². The molecule has 0 bridgehead atoms. The van der Waals surface area contributed by atoms with Gasteiger partial charge in [0, 0.05) is 6.04 Å². The zero-order valence-electron chi connectivity index (χ0n) is 16.3. The highest BCUT2D eigenvalue weighted by molar-refractivity contribution is 5.86. The number of aryl methyl sites for hydroxylation is 1. The normalized spacial score (nSPS) is 13.2. The molecule has 0 aromatic heterocycles. The third-order valence-electron chi connectivity index (χ3n) is 5.09. The summed E-state index contributed by atoms with van der Waals surface area (Å²) in [7, 11) is 0. The van der Waals surface area contributed by atoms with Gasteiger partial charge in [0.25, 0.3) is 0 Å². The number of halogens is 3. The lowest BCUT2D eigenvalue weighted by Crippen LogP contribution is -2.27. The third kappa shape index (κ3) is 4.93. The second kappa shape index (κ2) is 8.78. The molecule has 0 heterocycles. The van der Waals surface area contributed by atoms with E-state index in [1.165, 1.54) is 28.5 Å². The first-order valence-electron chi connectivity index (χ1n) is 9.73. The minimum atomic E-state index is -4.29. The van der Waals surface area contributed by atoms with Crippen molar-refractivity contribution in [1.82, 2.24) is 5.32 Å². The standard InChI is InChI=1S/C24H26F3N/c1-17(2)23(22-14-6-11-19-10-3-4-13-21(19)22)28-15-7-9-18-8-5-12-20(16-18)24(25,26)27/h3-6,8,10-14,16-17,23,28H,7,9,15H2,1-2H3/t23-/m1/s1. The SMILES string of the molecule is CC(C)[C@@H](NCCCc1cccc(C(F)(F)F)c1)c1cccc2ccccc12. The van der Waals surface area contributed by atoms with E-state index >= 15 is 0 Å². The molecule has 1 atom stereocenters. The van der Waals surface area contributed by atoms with Gasteiger partial charge in [-0.2, -0.15) is 13.2 Å². The fraction of sp³-hybridized carbons (Fsp3) is 0.333. The van der Waals surface area contributed by atoms with Crippen LogP contribution in [0.1, 0.15) is 43.0 Å². The zero-order valence-corrected chi connectivity index (χ0v) is 16.3. The fourth-order valence-corrected chi connectivity index (χ4v) is 3.68. The van der Waals surface area contributed by atoms with Crippen LogP contribution in [0, 0.1) is 5.92 Å². The summed E-state index contributed by atoms with van der Waals surface area (Å²) in [6, 6.07) is 20.5. The lowest BCUT2D eigenvalue weighted by Gasteiger charge is -2.24. The summed E-state index contributed by atoms with van der Waals surface area (Å²) < 4.78 is 38.6. The van der Waals surface area contributed by atoms with Crippen molar-refractivity contribution < 1.29 is 13.2 Å². The molecule has 0 unspecified atom stereocenters. The van der Waals surface area contributed by atoms with E-state index in [4.69, 9.17) is 0 Å². The van der Waals surface area contributed by atoms with Gasteiger partial charge in [-0.05, 0) is 53.3 Å². The second-order valence-electron chi connectivity index (χ2n) is 7.55. The number of nitrogens with one attached hydrogen (secondary N) is 1. The predicted octanol–water partition coefficient (Wildman–Crippen LogP) is 6.78. The highest BCUT2D eigenvalue weighted by Crippen LogP contribution is 2.30. The van der Waals surface area contributed by atoms with Crippen LogP contribution in [-0.4, -0.2) is 6.54 Å². The predicted molar refractivity (Wildman–Crippen MR) is 109 cm³/mol. The Hall–Kier alpha value is -2.33. The largest absolute Gasteiger partial charge is 0.416 e. The van der Waals surface area contributed by atoms with E-state index in [2.05, 4.69) is 55.6 Å². The molecule has 0 saturated heterocycles. The molecular weight excluding hydrogens is 359 g/mol. The Morgan fingerprint density at radius 2 is 1.61 bits per heavy atom. The molecule has 3 rings (SSSR count). The average Bonchev–Trinajstić information content (AvgIpc) is 2.67. The van der Waals surface area contributed by atoms with Gasteiger partial charge in [0.15, 0.2) is 0 Å². The number of fused-ring (bicyclic) bond motifs is 1. The number of benzene rings is 3. The fourth-order valence-electron chi connectivity index (χ4n) is 3.68. The van der Waals surface area contributed by atoms with E-state index in [0.29, 0.717) is 12.3 Å². The summed E-state index contributed by atoms with van der Waals surface area (Å²) in [5, 5.41) is 6.08. The molecule has 0 radical (unpaired) electrons. The average molecular weight is 385 g/mol. The first-order chi connectivity index (χ1) is 13.4. The van der Waals surface area contributed by atoms with Crippen molar-refractivity contribution in [2.24, 2.45) is 5.92 Å². The quantitative estimate of drug-likeness (QED) is 0.442. The Morgan fingerprint density at radius 1 is 0.893 bits per heavy atom. The van der Waals surface area contributed by atoms with Crippen molar-refractivity contribution in [1.29, 1.82) is 0 Å². The topological polar surface area (TPSA) is 12.0 Å². The van der Waals surface area contributed by atoms with E-state index in [1.54, 1.807) is 6.07 Å². The Bertz CT molecular complexity index is 910. The molecule has 148 valence electrons. The molecule has 0 amide bonds. The molecule has 1 nitrogen and oxygen atoms in total. The van der Waals surface area contributed by atoms with Gasteiger partial charge in [-0.1, -0.05) is 74.5 Å². The van der Waals surface area contributed by atoms with E-state index in [9.17, 15) is 13.2 Å². The third-order valence-corrected chi connectivity index (χ3v) is 5.09. The lowest BCUT2D eigenvalue weighted by atomic mass is 9.91. The molecule has 0 spiro atoms. The van der Waals surface area contributed by atoms with Gasteiger partial charge in [-0.25, -0.2) is 0 Å². The van der Waals surface area contributed by atoms with E-state index < -0.39 is 11.7 Å². The molecule has 0 aliphatic carbocycles. The number of hydrogen-bond donors (Lipinski definition) is 1. The van der Waals surface area contributed by atoms with Gasteiger partial charge in [0.05, 0.1) is 5.56 Å². The van der Waals surface area contributed by atoms with Crippen LogP contribution in [0.25, 0.3) is 10.8 Å². The summed E-state index contributed by atoms with van der Waals surface area (Å²) in [6.07, 6.45) is -2.88. The number of alkyl halides is 3. The second-order valence-corrected chi connectivity index (χ2v) is 7.55. The Morgan fingerprint density at radius 3 is 2.36 bits per heavy atom. The molecular formula is C24H26F3N. The molecule has 0 saturated carbocycles. The molecule has 1 N–H and O–H groups in total. The van der Waals surface area contributed by atoms with Gasteiger partial charge >= 0.3 is 6.18 Å². The molecule has 3 aromatic carbocycles. The summed E-state index contributed by atoms with van der Waals surface area (Å²) >= 11 is 0. The van der Waals surface area contributed by atoms with Crippen molar-refractivity contribution in [2.45, 2.75) is 38.9 Å². The maximum atomic E-state index is 12.9. The highest BCUT2D eigenvalue weighted by Gasteiger charge is 2.30. The van der Waals surface area contributed by atoms with Gasteiger partial charge in [0.2, 0.25) is 0 Å². The van der Waals surface area contributed by atoms with E-state index in [0.717, 1.165) is 24.6 Å². The van der Waals surface area contributed by atoms with Crippen LogP contribution in [0.15, 0.2) is 66.7 Å². The number of rotatable bonds is 7. The minimum Gasteiger partial charge on any atom is -0.310 e. The van der Waals surface area contributed by atoms with Crippen molar-refractivity contribution >= 4 is 10.8 Å². The smallest absolute Gasteiger partial charge is 0.310 e. The first kappa shape index (κ1) is 20.4. The minimum absolute atomic E-state index is 0.201. The first-order valence-corrected chi connectivity index (χ1v) is 9.73. The molecule has 28 heavy (non-hydrogen) atoms. The maximum absolute atomic E-state index is 12.9. The molecule has 0 aliphatic rings. The summed E-state index contributed by atoms with van der Waals surface area (Å²) in [5.74, 6) is 0.402. The van der Waals surface area contributed by atoms with Crippen LogP contribution in [0.2, 0.25) is 0 Å². The van der Waals surface area contributed by atoms with E-state index in [-0.39, 0.29) is 6.04 Å². The molecule has 3 aromatic rings. The van der Waals surface area contributed by atoms with Crippen molar-refractivity contribution in [3.63, 3.8) is 0 Å². The highest BCUT2D eigenvalue weighted by atomic mass is 19.4. The summed E-state index contributed by atoms with van der Waals surface area (Å²) in [5.41, 5.74) is 1.42. The Labute approximate surface area is 164 Å². The zero-order chi connectivity index (χ0) is 20.1. The molecule has 4 heteroatoms. The summed E-state index contributed by atoms with van der Waals surface area (Å²) in [6.45, 7) is 5.13. The Balaban J connectivity index is 1.65. The van der Waals surface area contributed by atoms with Crippen LogP contribution in [0.3, 0.4) is 0 Å². The lowest BCUT2D eigenvalue weighted by molar-refractivity contribution is -0.137. The maximum Gasteiger partial charge on any atom is 0.416 e. The van der Waals surface area contributed by atoms with Crippen molar-refractivity contribution in [3.05, 3.63) is 83.4 Å². The van der Waals surface area contributed by atoms with Gasteiger partial charge in [0.1, 0.15) is 0 Å². The van der Waals surface area contributed by atoms with Crippen molar-refractivity contribution in [2.75, 3.05) is 6.54 Å². The Kier molecular flexibility index (Phi) is 6.40. The number of hydrogen-bond acceptors (Lipinski definition) is 1. The summed E-state index contributed by atoms with van der Waals surface area (Å²) in [4.78, 5) is 0. The van der Waals surface area contributed by atoms with E-state index in [1.807, 2.05) is 6.07 Å². The van der Waals surface area contributed by atoms with Gasteiger partial charge < -0.3 is 5.32 Å². The van der Waals surface area contributed by atoms with Gasteiger partial charge in [-0.3, -0.25) is 0 Å². The van der Waals surface area contributed by atoms with Crippen LogP contribution >= 0.6 is 0 Å². The van der Waals surface area contributed by atoms with Crippen LogP contribution in [-0.2, 0) is 12.6 Å². The van der Waals surface area contributed by atoms with Crippen LogP contribution < -0.4 is 5.32 Å².